The van der Waals surface area contributed by atoms with E-state index in [9.17, 15) is 0 Å². The highest BCUT2D eigenvalue weighted by Gasteiger charge is 2.05. The monoisotopic (exact) mass is 227 g/mol. The zero-order valence-electron chi connectivity index (χ0n) is 9.64. The molecule has 0 spiro atoms. The van der Waals surface area contributed by atoms with Crippen molar-refractivity contribution in [2.75, 3.05) is 7.11 Å². The van der Waals surface area contributed by atoms with Gasteiger partial charge < -0.3 is 9.15 Å². The second kappa shape index (κ2) is 4.70. The van der Waals surface area contributed by atoms with Crippen molar-refractivity contribution in [1.82, 2.24) is 4.98 Å². The summed E-state index contributed by atoms with van der Waals surface area (Å²) in [5.41, 5.74) is 1.62. The van der Waals surface area contributed by atoms with E-state index in [1.54, 1.807) is 19.4 Å². The van der Waals surface area contributed by atoms with Gasteiger partial charge in [-0.05, 0) is 30.3 Å². The summed E-state index contributed by atoms with van der Waals surface area (Å²) in [6, 6.07) is 7.51. The Hall–Kier alpha value is -2.29. The van der Waals surface area contributed by atoms with E-state index in [0.717, 1.165) is 17.1 Å². The van der Waals surface area contributed by atoms with Gasteiger partial charge in [-0.25, -0.2) is 0 Å². The van der Waals surface area contributed by atoms with Crippen molar-refractivity contribution in [1.29, 1.82) is 0 Å². The smallest absolute Gasteiger partial charge is 0.137 e. The van der Waals surface area contributed by atoms with E-state index >= 15 is 0 Å². The largest absolute Gasteiger partial charge is 0.495 e. The maximum Gasteiger partial charge on any atom is 0.137 e. The Balaban J connectivity index is 2.28. The lowest BCUT2D eigenvalue weighted by atomic mass is 10.2. The van der Waals surface area contributed by atoms with E-state index in [-0.39, 0.29) is 0 Å². The van der Waals surface area contributed by atoms with E-state index in [1.165, 1.54) is 0 Å². The molecule has 86 valence electrons. The molecule has 0 unspecified atom stereocenters. The third-order valence-electron chi connectivity index (χ3n) is 2.41. The Morgan fingerprint density at radius 2 is 2.18 bits per heavy atom. The number of furan rings is 1. The van der Waals surface area contributed by atoms with Gasteiger partial charge in [-0.15, -0.1) is 0 Å². The molecule has 17 heavy (non-hydrogen) atoms. The lowest BCUT2D eigenvalue weighted by molar-refractivity contribution is 0.369. The molecule has 3 nitrogen and oxygen atoms in total. The maximum atomic E-state index is 5.53. The molecule has 0 aromatic carbocycles. The molecule has 2 heterocycles. The first-order valence-corrected chi connectivity index (χ1v) is 5.16. The molecule has 3 heteroatoms. The van der Waals surface area contributed by atoms with E-state index in [4.69, 9.17) is 9.15 Å². The molecule has 0 aliphatic heterocycles. The third kappa shape index (κ3) is 2.28. The van der Waals surface area contributed by atoms with Crippen LogP contribution in [0.25, 0.3) is 23.2 Å². The van der Waals surface area contributed by atoms with E-state index in [2.05, 4.69) is 18.1 Å². The number of pyridine rings is 1. The normalized spacial score (nSPS) is 9.94. The first kappa shape index (κ1) is 11.2. The zero-order chi connectivity index (χ0) is 12.3. The summed E-state index contributed by atoms with van der Waals surface area (Å²) in [7, 11) is 1.57. The number of rotatable bonds is 4. The summed E-state index contributed by atoms with van der Waals surface area (Å²) in [4.78, 5) is 4.25. The lowest BCUT2D eigenvalue weighted by Crippen LogP contribution is -1.89. The van der Waals surface area contributed by atoms with Gasteiger partial charge in [0, 0.05) is 11.8 Å². The minimum absolute atomic E-state index is 0.544. The highest BCUT2D eigenvalue weighted by atomic mass is 16.5. The second-order valence-corrected chi connectivity index (χ2v) is 3.47. The van der Waals surface area contributed by atoms with Crippen LogP contribution in [0.3, 0.4) is 0 Å². The lowest BCUT2D eigenvalue weighted by Gasteiger charge is -2.03. The minimum atomic E-state index is 0.544. The van der Waals surface area contributed by atoms with Crippen LogP contribution in [-0.2, 0) is 4.74 Å². The van der Waals surface area contributed by atoms with Crippen LogP contribution in [0.4, 0.5) is 0 Å². The second-order valence-electron chi connectivity index (χ2n) is 3.47. The summed E-state index contributed by atoms with van der Waals surface area (Å²) in [6.45, 7) is 7.39. The van der Waals surface area contributed by atoms with Gasteiger partial charge in [0.25, 0.3) is 0 Å². The Labute approximate surface area is 100 Å². The Bertz CT molecular complexity index is 538. The number of ether oxygens (including phenoxy) is 1. The first-order chi connectivity index (χ1) is 8.24. The molecule has 0 bridgehead atoms. The van der Waals surface area contributed by atoms with Crippen molar-refractivity contribution < 1.29 is 9.15 Å². The number of nitrogens with zero attached hydrogens (tertiary/aromatic N) is 1. The molecule has 0 N–H and O–H groups in total. The SMILES string of the molecule is C=Cc1ccc(-c2ccc(C(=C)OC)nc2)o1. The van der Waals surface area contributed by atoms with Crippen molar-refractivity contribution in [3.63, 3.8) is 0 Å². The van der Waals surface area contributed by atoms with Gasteiger partial charge in [-0.3, -0.25) is 4.98 Å². The molecule has 0 fully saturated rings. The van der Waals surface area contributed by atoms with Crippen molar-refractivity contribution in [3.05, 3.63) is 55.1 Å². The average Bonchev–Trinajstić information content (AvgIpc) is 2.87. The number of hydrogen-bond acceptors (Lipinski definition) is 3. The third-order valence-corrected chi connectivity index (χ3v) is 2.41. The average molecular weight is 227 g/mol. The molecular formula is C14H13NO2. The van der Waals surface area contributed by atoms with Crippen LogP contribution in [0, 0.1) is 0 Å². The molecule has 0 radical (unpaired) electrons. The highest BCUT2D eigenvalue weighted by molar-refractivity contribution is 5.61. The predicted molar refractivity (Wildman–Crippen MR) is 68.1 cm³/mol. The standard InChI is InChI=1S/C14H13NO2/c1-4-12-6-8-14(17-12)11-5-7-13(15-9-11)10(2)16-3/h4-9H,1-2H2,3H3. The fourth-order valence-electron chi connectivity index (χ4n) is 1.43. The summed E-state index contributed by atoms with van der Waals surface area (Å²) in [5, 5.41) is 0. The quantitative estimate of drug-likeness (QED) is 0.748. The number of methoxy groups -OCH3 is 1. The van der Waals surface area contributed by atoms with E-state index in [1.807, 2.05) is 24.3 Å². The summed E-state index contributed by atoms with van der Waals surface area (Å²) in [5.74, 6) is 2.05. The molecule has 0 amide bonds. The molecular weight excluding hydrogens is 214 g/mol. The molecule has 0 saturated carbocycles. The van der Waals surface area contributed by atoms with E-state index < -0.39 is 0 Å². The molecule has 0 atom stereocenters. The molecule has 0 saturated heterocycles. The van der Waals surface area contributed by atoms with Crippen LogP contribution < -0.4 is 0 Å². The van der Waals surface area contributed by atoms with Crippen LogP contribution >= 0.6 is 0 Å². The summed E-state index contributed by atoms with van der Waals surface area (Å²) >= 11 is 0. The predicted octanol–water partition coefficient (Wildman–Crippen LogP) is 3.60. The van der Waals surface area contributed by atoms with Gasteiger partial charge in [0.2, 0.25) is 0 Å². The first-order valence-electron chi connectivity index (χ1n) is 5.16. The van der Waals surface area contributed by atoms with Crippen LogP contribution in [0.2, 0.25) is 0 Å². The highest BCUT2D eigenvalue weighted by Crippen LogP contribution is 2.23. The maximum absolute atomic E-state index is 5.53. The fourth-order valence-corrected chi connectivity index (χ4v) is 1.43. The van der Waals surface area contributed by atoms with Crippen LogP contribution in [0.15, 0.2) is 48.0 Å². The Kier molecular flexibility index (Phi) is 3.10. The number of hydrogen-bond donors (Lipinski definition) is 0. The minimum Gasteiger partial charge on any atom is -0.495 e. The van der Waals surface area contributed by atoms with Crippen molar-refractivity contribution >= 4 is 11.8 Å². The van der Waals surface area contributed by atoms with Crippen LogP contribution in [-0.4, -0.2) is 12.1 Å². The van der Waals surface area contributed by atoms with Crippen molar-refractivity contribution in [2.45, 2.75) is 0 Å². The molecule has 0 aliphatic carbocycles. The topological polar surface area (TPSA) is 35.3 Å². The van der Waals surface area contributed by atoms with Crippen molar-refractivity contribution in [3.8, 4) is 11.3 Å². The van der Waals surface area contributed by atoms with Gasteiger partial charge in [0.15, 0.2) is 0 Å². The molecule has 2 aromatic heterocycles. The van der Waals surface area contributed by atoms with Gasteiger partial charge in [-0.1, -0.05) is 13.2 Å². The van der Waals surface area contributed by atoms with Crippen LogP contribution in [0.5, 0.6) is 0 Å². The Morgan fingerprint density at radius 1 is 1.35 bits per heavy atom. The molecule has 2 aromatic rings. The Morgan fingerprint density at radius 3 is 2.71 bits per heavy atom. The van der Waals surface area contributed by atoms with Crippen LogP contribution in [0.1, 0.15) is 11.5 Å². The zero-order valence-corrected chi connectivity index (χ0v) is 9.64. The van der Waals surface area contributed by atoms with Gasteiger partial charge in [0.05, 0.1) is 7.11 Å². The van der Waals surface area contributed by atoms with Crippen molar-refractivity contribution in [2.24, 2.45) is 0 Å². The molecule has 2 rings (SSSR count). The van der Waals surface area contributed by atoms with E-state index in [0.29, 0.717) is 11.5 Å². The summed E-state index contributed by atoms with van der Waals surface area (Å²) in [6.07, 6.45) is 3.39. The number of aromatic nitrogens is 1. The van der Waals surface area contributed by atoms with Gasteiger partial charge in [0.1, 0.15) is 23.0 Å². The fraction of sp³-hybridized carbons (Fsp3) is 0.0714. The molecule has 0 aliphatic rings. The van der Waals surface area contributed by atoms with Gasteiger partial charge in [-0.2, -0.15) is 0 Å². The van der Waals surface area contributed by atoms with Gasteiger partial charge >= 0.3 is 0 Å². The summed E-state index contributed by atoms with van der Waals surface area (Å²) < 4.78 is 10.5.